The molecule has 4 nitrogen and oxygen atoms in total. The topological polar surface area (TPSA) is 45.7 Å². The molecule has 0 unspecified atom stereocenters. The fourth-order valence-electron chi connectivity index (χ4n) is 1.52. The molecule has 20 heavy (non-hydrogen) atoms. The van der Waals surface area contributed by atoms with Crippen LogP contribution in [0.25, 0.3) is 0 Å². The number of rotatable bonds is 7. The molecule has 2 N–H and O–H groups in total. The van der Waals surface area contributed by atoms with E-state index in [9.17, 15) is 8.78 Å². The highest BCUT2D eigenvalue weighted by molar-refractivity contribution is 5.79. The largest absolute Gasteiger partial charge is 0.434 e. The monoisotopic (exact) mass is 283 g/mol. The van der Waals surface area contributed by atoms with Crippen molar-refractivity contribution in [1.29, 1.82) is 0 Å². The second-order valence-corrected chi connectivity index (χ2v) is 3.85. The third-order valence-electron chi connectivity index (χ3n) is 2.35. The molecule has 0 fully saturated rings. The third-order valence-corrected chi connectivity index (χ3v) is 2.35. The van der Waals surface area contributed by atoms with Gasteiger partial charge in [-0.15, -0.1) is 6.58 Å². The number of para-hydroxylation sites is 1. The predicted molar refractivity (Wildman–Crippen MR) is 76.1 cm³/mol. The Morgan fingerprint density at radius 2 is 2.15 bits per heavy atom. The molecule has 6 heteroatoms. The van der Waals surface area contributed by atoms with Crippen LogP contribution in [0.15, 0.2) is 41.9 Å². The molecule has 1 aromatic rings. The molecule has 1 aromatic carbocycles. The molecule has 0 bridgehead atoms. The van der Waals surface area contributed by atoms with Gasteiger partial charge in [-0.2, -0.15) is 8.78 Å². The first kappa shape index (κ1) is 15.9. The van der Waals surface area contributed by atoms with Crippen LogP contribution in [0.5, 0.6) is 5.75 Å². The summed E-state index contributed by atoms with van der Waals surface area (Å²) in [5, 5.41) is 6.08. The van der Waals surface area contributed by atoms with Crippen LogP contribution in [-0.4, -0.2) is 25.7 Å². The van der Waals surface area contributed by atoms with Gasteiger partial charge in [0.2, 0.25) is 0 Å². The second kappa shape index (κ2) is 8.90. The number of nitrogens with zero attached hydrogens (tertiary/aromatic N) is 1. The van der Waals surface area contributed by atoms with Gasteiger partial charge in [-0.1, -0.05) is 24.3 Å². The Morgan fingerprint density at radius 1 is 1.40 bits per heavy atom. The number of ether oxygens (including phenoxy) is 1. The zero-order valence-corrected chi connectivity index (χ0v) is 11.4. The van der Waals surface area contributed by atoms with E-state index >= 15 is 0 Å². The summed E-state index contributed by atoms with van der Waals surface area (Å²) >= 11 is 0. The number of halogens is 2. The lowest BCUT2D eigenvalue weighted by molar-refractivity contribution is -0.0504. The number of aliphatic imine (C=N–C) groups is 1. The smallest absolute Gasteiger partial charge is 0.387 e. The van der Waals surface area contributed by atoms with E-state index in [1.54, 1.807) is 24.3 Å². The van der Waals surface area contributed by atoms with E-state index in [1.165, 1.54) is 6.07 Å². The fourth-order valence-corrected chi connectivity index (χ4v) is 1.52. The summed E-state index contributed by atoms with van der Waals surface area (Å²) in [4.78, 5) is 4.31. The zero-order chi connectivity index (χ0) is 14.8. The quantitative estimate of drug-likeness (QED) is 0.459. The van der Waals surface area contributed by atoms with Crippen LogP contribution < -0.4 is 15.4 Å². The van der Waals surface area contributed by atoms with Gasteiger partial charge in [0, 0.05) is 18.7 Å². The van der Waals surface area contributed by atoms with Crippen molar-refractivity contribution in [3.05, 3.63) is 42.5 Å². The zero-order valence-electron chi connectivity index (χ0n) is 11.4. The van der Waals surface area contributed by atoms with Crippen molar-refractivity contribution in [2.75, 3.05) is 13.1 Å². The molecular weight excluding hydrogens is 264 g/mol. The van der Waals surface area contributed by atoms with Crippen LogP contribution in [0.4, 0.5) is 8.78 Å². The van der Waals surface area contributed by atoms with Crippen molar-refractivity contribution in [3.63, 3.8) is 0 Å². The Balaban J connectivity index is 2.76. The molecule has 0 heterocycles. The maximum Gasteiger partial charge on any atom is 0.387 e. The van der Waals surface area contributed by atoms with Gasteiger partial charge in [0.05, 0.1) is 6.54 Å². The molecule has 0 atom stereocenters. The average Bonchev–Trinajstić information content (AvgIpc) is 2.42. The van der Waals surface area contributed by atoms with Gasteiger partial charge >= 0.3 is 6.61 Å². The number of benzene rings is 1. The molecule has 0 aliphatic heterocycles. The SMILES string of the molecule is C=CCNC(=NCc1ccccc1OC(F)F)NCC. The van der Waals surface area contributed by atoms with E-state index in [-0.39, 0.29) is 12.3 Å². The Bertz CT molecular complexity index is 450. The van der Waals surface area contributed by atoms with Crippen LogP contribution in [0.1, 0.15) is 12.5 Å². The summed E-state index contributed by atoms with van der Waals surface area (Å²) < 4.78 is 29.0. The molecule has 0 amide bonds. The summed E-state index contributed by atoms with van der Waals surface area (Å²) in [6.07, 6.45) is 1.71. The minimum absolute atomic E-state index is 0.144. The van der Waals surface area contributed by atoms with Gasteiger partial charge in [0.1, 0.15) is 5.75 Å². The summed E-state index contributed by atoms with van der Waals surface area (Å²) in [5.41, 5.74) is 0.601. The van der Waals surface area contributed by atoms with Crippen molar-refractivity contribution in [1.82, 2.24) is 10.6 Å². The number of alkyl halides is 2. The molecule has 0 radical (unpaired) electrons. The molecule has 0 saturated heterocycles. The van der Waals surface area contributed by atoms with Crippen LogP contribution in [0.2, 0.25) is 0 Å². The molecule has 0 aromatic heterocycles. The molecule has 0 aliphatic carbocycles. The van der Waals surface area contributed by atoms with Crippen LogP contribution >= 0.6 is 0 Å². The number of nitrogens with one attached hydrogen (secondary N) is 2. The highest BCUT2D eigenvalue weighted by Gasteiger charge is 2.08. The number of hydrogen-bond donors (Lipinski definition) is 2. The first-order valence-electron chi connectivity index (χ1n) is 6.33. The Morgan fingerprint density at radius 3 is 2.80 bits per heavy atom. The van der Waals surface area contributed by atoms with Gasteiger partial charge in [-0.05, 0) is 13.0 Å². The van der Waals surface area contributed by atoms with Crippen molar-refractivity contribution in [2.24, 2.45) is 4.99 Å². The van der Waals surface area contributed by atoms with Crippen molar-refractivity contribution in [2.45, 2.75) is 20.1 Å². The number of guanidine groups is 1. The van der Waals surface area contributed by atoms with E-state index in [0.717, 1.165) is 0 Å². The Hall–Kier alpha value is -2.11. The highest BCUT2D eigenvalue weighted by atomic mass is 19.3. The standard InChI is InChI=1S/C14H19F2N3O/c1-3-9-18-14(17-4-2)19-10-11-7-5-6-8-12(11)20-13(15)16/h3,5-8,13H,1,4,9-10H2,2H3,(H2,17,18,19). The summed E-state index contributed by atoms with van der Waals surface area (Å²) in [7, 11) is 0. The summed E-state index contributed by atoms with van der Waals surface area (Å²) in [5.74, 6) is 0.741. The fraction of sp³-hybridized carbons (Fsp3) is 0.357. The predicted octanol–water partition coefficient (Wildman–Crippen LogP) is 2.53. The molecule has 0 saturated carbocycles. The van der Waals surface area contributed by atoms with Gasteiger partial charge in [0.25, 0.3) is 0 Å². The first-order chi connectivity index (χ1) is 9.67. The molecule has 110 valence electrons. The normalized spacial score (nSPS) is 11.3. The lowest BCUT2D eigenvalue weighted by atomic mass is 10.2. The number of hydrogen-bond acceptors (Lipinski definition) is 2. The van der Waals surface area contributed by atoms with E-state index < -0.39 is 6.61 Å². The van der Waals surface area contributed by atoms with E-state index in [0.29, 0.717) is 24.6 Å². The molecular formula is C14H19F2N3O. The average molecular weight is 283 g/mol. The molecule has 0 aliphatic rings. The van der Waals surface area contributed by atoms with Crippen LogP contribution in [0, 0.1) is 0 Å². The van der Waals surface area contributed by atoms with Gasteiger partial charge in [-0.25, -0.2) is 4.99 Å². The van der Waals surface area contributed by atoms with Gasteiger partial charge in [-0.3, -0.25) is 0 Å². The lowest BCUT2D eigenvalue weighted by Crippen LogP contribution is -2.37. The maximum absolute atomic E-state index is 12.3. The van der Waals surface area contributed by atoms with E-state index in [1.807, 2.05) is 6.92 Å². The summed E-state index contributed by atoms with van der Waals surface area (Å²) in [6.45, 7) is 4.23. The highest BCUT2D eigenvalue weighted by Crippen LogP contribution is 2.20. The van der Waals surface area contributed by atoms with Gasteiger partial charge in [0.15, 0.2) is 5.96 Å². The Labute approximate surface area is 117 Å². The van der Waals surface area contributed by atoms with E-state index in [2.05, 4.69) is 26.9 Å². The van der Waals surface area contributed by atoms with E-state index in [4.69, 9.17) is 0 Å². The van der Waals surface area contributed by atoms with Crippen LogP contribution in [0.3, 0.4) is 0 Å². The third kappa shape index (κ3) is 5.69. The van der Waals surface area contributed by atoms with Gasteiger partial charge < -0.3 is 15.4 Å². The second-order valence-electron chi connectivity index (χ2n) is 3.85. The van der Waals surface area contributed by atoms with Crippen molar-refractivity contribution < 1.29 is 13.5 Å². The molecule has 1 rings (SSSR count). The van der Waals surface area contributed by atoms with Crippen LogP contribution in [-0.2, 0) is 6.54 Å². The van der Waals surface area contributed by atoms with Crippen molar-refractivity contribution in [3.8, 4) is 5.75 Å². The first-order valence-corrected chi connectivity index (χ1v) is 6.33. The lowest BCUT2D eigenvalue weighted by Gasteiger charge is -2.11. The van der Waals surface area contributed by atoms with Crippen molar-refractivity contribution >= 4 is 5.96 Å². The minimum atomic E-state index is -2.84. The maximum atomic E-state index is 12.3. The summed E-state index contributed by atoms with van der Waals surface area (Å²) in [6, 6.07) is 6.61. The Kier molecular flexibility index (Phi) is 7.10. The molecule has 0 spiro atoms. The minimum Gasteiger partial charge on any atom is -0.434 e.